The van der Waals surface area contributed by atoms with E-state index in [0.717, 1.165) is 22.3 Å². The summed E-state index contributed by atoms with van der Waals surface area (Å²) in [6.07, 6.45) is 0. The Morgan fingerprint density at radius 1 is 1.44 bits per heavy atom. The highest BCUT2D eigenvalue weighted by Crippen LogP contribution is 2.28. The number of hydrogen-bond acceptors (Lipinski definition) is 3. The van der Waals surface area contributed by atoms with E-state index in [4.69, 9.17) is 9.15 Å². The van der Waals surface area contributed by atoms with Gasteiger partial charge in [0.25, 0.3) is 0 Å². The maximum atomic E-state index is 11.3. The summed E-state index contributed by atoms with van der Waals surface area (Å²) in [6, 6.07) is 5.59. The average molecular weight is 218 g/mol. The van der Waals surface area contributed by atoms with Gasteiger partial charge in [0.15, 0.2) is 11.5 Å². The lowest BCUT2D eigenvalue weighted by Crippen LogP contribution is -1.91. The van der Waals surface area contributed by atoms with Crippen LogP contribution >= 0.6 is 0 Å². The first-order valence-corrected chi connectivity index (χ1v) is 5.30. The molecule has 2 rings (SSSR count). The Morgan fingerprint density at radius 2 is 2.19 bits per heavy atom. The van der Waals surface area contributed by atoms with Crippen LogP contribution in [0, 0.1) is 6.92 Å². The lowest BCUT2D eigenvalue weighted by Gasteiger charge is -2.01. The minimum atomic E-state index is -0.0494. The fourth-order valence-electron chi connectivity index (χ4n) is 1.79. The third-order valence-electron chi connectivity index (χ3n) is 2.54. The lowest BCUT2D eigenvalue weighted by atomic mass is 10.1. The number of fused-ring (bicyclic) bond motifs is 1. The Balaban J connectivity index is 2.59. The number of carbonyl (C=O) groups excluding carboxylic acids is 1. The van der Waals surface area contributed by atoms with Gasteiger partial charge in [-0.05, 0) is 32.0 Å². The van der Waals surface area contributed by atoms with E-state index in [0.29, 0.717) is 12.4 Å². The summed E-state index contributed by atoms with van der Waals surface area (Å²) < 4.78 is 10.9. The fourth-order valence-corrected chi connectivity index (χ4v) is 1.79. The maximum absolute atomic E-state index is 11.3. The van der Waals surface area contributed by atoms with Gasteiger partial charge in [-0.15, -0.1) is 0 Å². The topological polar surface area (TPSA) is 39.4 Å². The standard InChI is InChI=1S/C13H14O3/c1-4-15-10-5-6-12-11(7-10)8(2)13(16-12)9(3)14/h5-7H,4H2,1-3H3. The number of ketones is 1. The quantitative estimate of drug-likeness (QED) is 0.742. The monoisotopic (exact) mass is 218 g/mol. The Morgan fingerprint density at radius 3 is 2.81 bits per heavy atom. The van der Waals surface area contributed by atoms with Crippen molar-refractivity contribution in [3.63, 3.8) is 0 Å². The Bertz CT molecular complexity index is 537. The molecule has 1 aromatic heterocycles. The van der Waals surface area contributed by atoms with Crippen molar-refractivity contribution in [2.24, 2.45) is 0 Å². The SMILES string of the molecule is CCOc1ccc2oc(C(C)=O)c(C)c2c1. The fraction of sp³-hybridized carbons (Fsp3) is 0.308. The predicted molar refractivity (Wildman–Crippen MR) is 62.1 cm³/mol. The van der Waals surface area contributed by atoms with Crippen molar-refractivity contribution < 1.29 is 13.9 Å². The zero-order valence-corrected chi connectivity index (χ0v) is 9.66. The second-order valence-corrected chi connectivity index (χ2v) is 3.70. The van der Waals surface area contributed by atoms with Crippen LogP contribution in [0.25, 0.3) is 11.0 Å². The van der Waals surface area contributed by atoms with Gasteiger partial charge in [-0.2, -0.15) is 0 Å². The molecule has 1 heterocycles. The Kier molecular flexibility index (Phi) is 2.69. The molecule has 0 spiro atoms. The number of benzene rings is 1. The van der Waals surface area contributed by atoms with Crippen LogP contribution in [0.1, 0.15) is 30.0 Å². The molecule has 0 bridgehead atoms. The molecule has 0 aliphatic rings. The smallest absolute Gasteiger partial charge is 0.195 e. The molecule has 0 fully saturated rings. The molecule has 0 atom stereocenters. The van der Waals surface area contributed by atoms with Crippen LogP contribution in [0.5, 0.6) is 5.75 Å². The molecule has 0 saturated carbocycles. The summed E-state index contributed by atoms with van der Waals surface area (Å²) in [6.45, 7) is 5.96. The summed E-state index contributed by atoms with van der Waals surface area (Å²) in [5.74, 6) is 1.18. The van der Waals surface area contributed by atoms with Gasteiger partial charge >= 0.3 is 0 Å². The first kappa shape index (κ1) is 10.7. The normalized spacial score (nSPS) is 10.7. The van der Waals surface area contributed by atoms with Crippen LogP contribution in [0.2, 0.25) is 0 Å². The largest absolute Gasteiger partial charge is 0.494 e. The van der Waals surface area contributed by atoms with Crippen LogP contribution in [0.3, 0.4) is 0 Å². The third-order valence-corrected chi connectivity index (χ3v) is 2.54. The Hall–Kier alpha value is -1.77. The van der Waals surface area contributed by atoms with Crippen molar-refractivity contribution in [1.82, 2.24) is 0 Å². The number of aryl methyl sites for hydroxylation is 1. The molecule has 1 aromatic carbocycles. The van der Waals surface area contributed by atoms with Crippen LogP contribution in [-0.2, 0) is 0 Å². The van der Waals surface area contributed by atoms with E-state index in [9.17, 15) is 4.79 Å². The van der Waals surface area contributed by atoms with E-state index in [2.05, 4.69) is 0 Å². The van der Waals surface area contributed by atoms with E-state index in [1.54, 1.807) is 0 Å². The molecule has 0 aliphatic heterocycles. The van der Waals surface area contributed by atoms with Crippen molar-refractivity contribution in [2.75, 3.05) is 6.61 Å². The van der Waals surface area contributed by atoms with E-state index in [-0.39, 0.29) is 5.78 Å². The zero-order chi connectivity index (χ0) is 11.7. The number of hydrogen-bond donors (Lipinski definition) is 0. The second-order valence-electron chi connectivity index (χ2n) is 3.70. The highest BCUT2D eigenvalue weighted by atomic mass is 16.5. The van der Waals surface area contributed by atoms with Crippen molar-refractivity contribution in [2.45, 2.75) is 20.8 Å². The summed E-state index contributed by atoms with van der Waals surface area (Å²) in [5, 5.41) is 0.941. The lowest BCUT2D eigenvalue weighted by molar-refractivity contribution is 0.0988. The summed E-state index contributed by atoms with van der Waals surface area (Å²) >= 11 is 0. The molecule has 0 radical (unpaired) electrons. The van der Waals surface area contributed by atoms with Crippen LogP contribution < -0.4 is 4.74 Å². The van der Waals surface area contributed by atoms with Gasteiger partial charge in [-0.1, -0.05) is 0 Å². The molecular formula is C13H14O3. The molecule has 0 amide bonds. The molecule has 16 heavy (non-hydrogen) atoms. The molecular weight excluding hydrogens is 204 g/mol. The Labute approximate surface area is 94.0 Å². The van der Waals surface area contributed by atoms with Crippen molar-refractivity contribution in [3.05, 3.63) is 29.5 Å². The number of rotatable bonds is 3. The van der Waals surface area contributed by atoms with Crippen molar-refractivity contribution in [1.29, 1.82) is 0 Å². The molecule has 3 nitrogen and oxygen atoms in total. The number of Topliss-reactive ketones (excluding diaryl/α,β-unsaturated/α-hetero) is 1. The van der Waals surface area contributed by atoms with Crippen LogP contribution in [0.15, 0.2) is 22.6 Å². The van der Waals surface area contributed by atoms with Gasteiger partial charge in [-0.3, -0.25) is 4.79 Å². The molecule has 2 aromatic rings. The number of furan rings is 1. The molecule has 0 unspecified atom stereocenters. The van der Waals surface area contributed by atoms with Gasteiger partial charge in [0.2, 0.25) is 0 Å². The summed E-state index contributed by atoms with van der Waals surface area (Å²) in [4.78, 5) is 11.3. The molecule has 0 saturated heterocycles. The minimum absolute atomic E-state index is 0.0494. The van der Waals surface area contributed by atoms with Gasteiger partial charge in [-0.25, -0.2) is 0 Å². The van der Waals surface area contributed by atoms with Gasteiger partial charge < -0.3 is 9.15 Å². The molecule has 84 valence electrons. The van der Waals surface area contributed by atoms with Gasteiger partial charge in [0.1, 0.15) is 11.3 Å². The van der Waals surface area contributed by atoms with E-state index in [1.807, 2.05) is 32.0 Å². The van der Waals surface area contributed by atoms with Crippen molar-refractivity contribution in [3.8, 4) is 5.75 Å². The minimum Gasteiger partial charge on any atom is -0.494 e. The zero-order valence-electron chi connectivity index (χ0n) is 9.66. The highest BCUT2D eigenvalue weighted by Gasteiger charge is 2.14. The first-order valence-electron chi connectivity index (χ1n) is 5.30. The van der Waals surface area contributed by atoms with E-state index >= 15 is 0 Å². The first-order chi connectivity index (χ1) is 7.63. The van der Waals surface area contributed by atoms with E-state index < -0.39 is 0 Å². The van der Waals surface area contributed by atoms with Crippen LogP contribution in [-0.4, -0.2) is 12.4 Å². The second kappa shape index (κ2) is 4.00. The predicted octanol–water partition coefficient (Wildman–Crippen LogP) is 3.34. The number of ether oxygens (including phenoxy) is 1. The molecule has 0 N–H and O–H groups in total. The molecule has 3 heteroatoms. The van der Waals surface area contributed by atoms with E-state index in [1.165, 1.54) is 6.92 Å². The summed E-state index contributed by atoms with van der Waals surface area (Å²) in [5.41, 5.74) is 1.61. The van der Waals surface area contributed by atoms with Crippen molar-refractivity contribution >= 4 is 16.8 Å². The van der Waals surface area contributed by atoms with Gasteiger partial charge in [0.05, 0.1) is 6.61 Å². The number of carbonyl (C=O) groups is 1. The maximum Gasteiger partial charge on any atom is 0.195 e. The third kappa shape index (κ3) is 1.69. The van der Waals surface area contributed by atoms with Gasteiger partial charge in [0, 0.05) is 17.9 Å². The summed E-state index contributed by atoms with van der Waals surface area (Å²) in [7, 11) is 0. The molecule has 0 aliphatic carbocycles. The average Bonchev–Trinajstić information content (AvgIpc) is 2.57. The highest BCUT2D eigenvalue weighted by molar-refractivity contribution is 5.99. The van der Waals surface area contributed by atoms with Crippen LogP contribution in [0.4, 0.5) is 0 Å².